The zero-order valence-corrected chi connectivity index (χ0v) is 13.6. The third-order valence-corrected chi connectivity index (χ3v) is 5.40. The van der Waals surface area contributed by atoms with Crippen LogP contribution < -0.4 is 5.32 Å². The molecule has 1 aromatic heterocycles. The SMILES string of the molecule is O=C(Cc1cccs1)NC(Cc1ccccc1)C1CCCC1. The molecule has 1 amide bonds. The molecular weight excluding hydrogens is 290 g/mol. The molecule has 2 nitrogen and oxygen atoms in total. The molecular formula is C19H23NOS. The molecule has 116 valence electrons. The van der Waals surface area contributed by atoms with E-state index < -0.39 is 0 Å². The Morgan fingerprint density at radius 1 is 1.14 bits per heavy atom. The minimum Gasteiger partial charge on any atom is -0.352 e. The Labute approximate surface area is 136 Å². The van der Waals surface area contributed by atoms with Crippen molar-refractivity contribution in [3.8, 4) is 0 Å². The Morgan fingerprint density at radius 2 is 1.91 bits per heavy atom. The van der Waals surface area contributed by atoms with Crippen molar-refractivity contribution < 1.29 is 4.79 Å². The topological polar surface area (TPSA) is 29.1 Å². The summed E-state index contributed by atoms with van der Waals surface area (Å²) in [6.07, 6.45) is 6.55. The fourth-order valence-electron chi connectivity index (χ4n) is 3.39. The van der Waals surface area contributed by atoms with Gasteiger partial charge in [-0.3, -0.25) is 4.79 Å². The molecule has 3 rings (SSSR count). The molecule has 1 heterocycles. The van der Waals surface area contributed by atoms with Gasteiger partial charge in [-0.05, 0) is 42.2 Å². The van der Waals surface area contributed by atoms with Crippen molar-refractivity contribution in [3.05, 3.63) is 58.3 Å². The lowest BCUT2D eigenvalue weighted by atomic mass is 9.92. The average Bonchev–Trinajstić information content (AvgIpc) is 3.21. The number of hydrogen-bond donors (Lipinski definition) is 1. The Bertz CT molecular complexity index is 573. The molecule has 3 heteroatoms. The van der Waals surface area contributed by atoms with Gasteiger partial charge in [-0.2, -0.15) is 0 Å². The summed E-state index contributed by atoms with van der Waals surface area (Å²) in [7, 11) is 0. The molecule has 0 spiro atoms. The molecule has 22 heavy (non-hydrogen) atoms. The van der Waals surface area contributed by atoms with E-state index in [0.717, 1.165) is 11.3 Å². The number of thiophene rings is 1. The van der Waals surface area contributed by atoms with Gasteiger partial charge >= 0.3 is 0 Å². The summed E-state index contributed by atoms with van der Waals surface area (Å²) in [5.41, 5.74) is 1.32. The molecule has 1 fully saturated rings. The van der Waals surface area contributed by atoms with Crippen LogP contribution in [0.2, 0.25) is 0 Å². The van der Waals surface area contributed by atoms with Crippen molar-refractivity contribution in [3.63, 3.8) is 0 Å². The van der Waals surface area contributed by atoms with Crippen molar-refractivity contribution in [2.75, 3.05) is 0 Å². The lowest BCUT2D eigenvalue weighted by Crippen LogP contribution is -2.41. The molecule has 1 unspecified atom stereocenters. The van der Waals surface area contributed by atoms with Crippen LogP contribution in [0.15, 0.2) is 47.8 Å². The van der Waals surface area contributed by atoms with Crippen LogP contribution in [0, 0.1) is 5.92 Å². The third-order valence-electron chi connectivity index (χ3n) is 4.53. The summed E-state index contributed by atoms with van der Waals surface area (Å²) >= 11 is 1.65. The second-order valence-electron chi connectivity index (χ2n) is 6.16. The molecule has 0 saturated heterocycles. The molecule has 1 atom stereocenters. The lowest BCUT2D eigenvalue weighted by Gasteiger charge is -2.25. The van der Waals surface area contributed by atoms with Crippen LogP contribution in [0.3, 0.4) is 0 Å². The van der Waals surface area contributed by atoms with E-state index in [1.807, 2.05) is 23.6 Å². The highest BCUT2D eigenvalue weighted by Crippen LogP contribution is 2.29. The molecule has 1 aliphatic rings. The Kier molecular flexibility index (Phi) is 5.28. The van der Waals surface area contributed by atoms with Crippen LogP contribution in [0.4, 0.5) is 0 Å². The van der Waals surface area contributed by atoms with Crippen LogP contribution in [0.25, 0.3) is 0 Å². The van der Waals surface area contributed by atoms with E-state index >= 15 is 0 Å². The van der Waals surface area contributed by atoms with E-state index in [1.54, 1.807) is 11.3 Å². The first-order chi connectivity index (χ1) is 10.8. The molecule has 0 bridgehead atoms. The first-order valence-electron chi connectivity index (χ1n) is 8.17. The fourth-order valence-corrected chi connectivity index (χ4v) is 4.10. The maximum Gasteiger partial charge on any atom is 0.225 e. The second-order valence-corrected chi connectivity index (χ2v) is 7.20. The smallest absolute Gasteiger partial charge is 0.225 e. The highest BCUT2D eigenvalue weighted by atomic mass is 32.1. The largest absolute Gasteiger partial charge is 0.352 e. The number of rotatable bonds is 6. The van der Waals surface area contributed by atoms with Gasteiger partial charge in [0.25, 0.3) is 0 Å². The highest BCUT2D eigenvalue weighted by molar-refractivity contribution is 7.10. The number of carbonyl (C=O) groups is 1. The average molecular weight is 313 g/mol. The summed E-state index contributed by atoms with van der Waals surface area (Å²) in [6, 6.07) is 14.8. The zero-order valence-electron chi connectivity index (χ0n) is 12.8. The summed E-state index contributed by atoms with van der Waals surface area (Å²) in [6.45, 7) is 0. The van der Waals surface area contributed by atoms with Gasteiger partial charge in [0.15, 0.2) is 0 Å². The molecule has 1 aliphatic carbocycles. The van der Waals surface area contributed by atoms with Crippen molar-refractivity contribution in [2.24, 2.45) is 5.92 Å². The summed E-state index contributed by atoms with van der Waals surface area (Å²) < 4.78 is 0. The number of amides is 1. The predicted octanol–water partition coefficient (Wildman–Crippen LogP) is 4.21. The first-order valence-corrected chi connectivity index (χ1v) is 9.05. The van der Waals surface area contributed by atoms with Crippen molar-refractivity contribution >= 4 is 17.2 Å². The summed E-state index contributed by atoms with van der Waals surface area (Å²) in [4.78, 5) is 13.5. The van der Waals surface area contributed by atoms with Crippen LogP contribution in [-0.4, -0.2) is 11.9 Å². The second kappa shape index (κ2) is 7.59. The van der Waals surface area contributed by atoms with Crippen molar-refractivity contribution in [1.82, 2.24) is 5.32 Å². The number of carbonyl (C=O) groups excluding carboxylic acids is 1. The molecule has 0 aliphatic heterocycles. The zero-order chi connectivity index (χ0) is 15.2. The minimum absolute atomic E-state index is 0.162. The number of benzene rings is 1. The van der Waals surface area contributed by atoms with Gasteiger partial charge in [-0.1, -0.05) is 49.2 Å². The van der Waals surface area contributed by atoms with E-state index in [2.05, 4.69) is 29.6 Å². The summed E-state index contributed by atoms with van der Waals surface area (Å²) in [5.74, 6) is 0.794. The standard InChI is InChI=1S/C19H23NOS/c21-19(14-17-11-6-12-22-17)20-18(16-9-4-5-10-16)13-15-7-2-1-3-8-15/h1-3,6-8,11-12,16,18H,4-5,9-10,13-14H2,(H,20,21). The van der Waals surface area contributed by atoms with E-state index in [4.69, 9.17) is 0 Å². The van der Waals surface area contributed by atoms with E-state index in [-0.39, 0.29) is 11.9 Å². The van der Waals surface area contributed by atoms with E-state index in [9.17, 15) is 4.79 Å². The molecule has 1 saturated carbocycles. The normalized spacial score (nSPS) is 16.5. The van der Waals surface area contributed by atoms with E-state index in [0.29, 0.717) is 12.3 Å². The van der Waals surface area contributed by atoms with Gasteiger partial charge in [0, 0.05) is 10.9 Å². The van der Waals surface area contributed by atoms with Crippen LogP contribution in [0.1, 0.15) is 36.1 Å². The van der Waals surface area contributed by atoms with Gasteiger partial charge in [-0.25, -0.2) is 0 Å². The van der Waals surface area contributed by atoms with Gasteiger partial charge in [0.1, 0.15) is 0 Å². The number of nitrogens with one attached hydrogen (secondary N) is 1. The van der Waals surface area contributed by atoms with E-state index in [1.165, 1.54) is 31.2 Å². The number of hydrogen-bond acceptors (Lipinski definition) is 2. The molecule has 0 radical (unpaired) electrons. The quantitative estimate of drug-likeness (QED) is 0.850. The van der Waals surface area contributed by atoms with Gasteiger partial charge in [0.2, 0.25) is 5.91 Å². The minimum atomic E-state index is 0.162. The third kappa shape index (κ3) is 4.20. The molecule has 1 aromatic carbocycles. The summed E-state index contributed by atoms with van der Waals surface area (Å²) in [5, 5.41) is 5.34. The van der Waals surface area contributed by atoms with Gasteiger partial charge in [-0.15, -0.1) is 11.3 Å². The van der Waals surface area contributed by atoms with Crippen LogP contribution in [-0.2, 0) is 17.6 Å². The maximum absolute atomic E-state index is 12.4. The lowest BCUT2D eigenvalue weighted by molar-refractivity contribution is -0.121. The maximum atomic E-state index is 12.4. The van der Waals surface area contributed by atoms with Crippen LogP contribution >= 0.6 is 11.3 Å². The van der Waals surface area contributed by atoms with Crippen molar-refractivity contribution in [2.45, 2.75) is 44.6 Å². The Morgan fingerprint density at radius 3 is 2.59 bits per heavy atom. The molecule has 1 N–H and O–H groups in total. The van der Waals surface area contributed by atoms with Crippen LogP contribution in [0.5, 0.6) is 0 Å². The highest BCUT2D eigenvalue weighted by Gasteiger charge is 2.26. The Hall–Kier alpha value is -1.61. The van der Waals surface area contributed by atoms with Gasteiger partial charge < -0.3 is 5.32 Å². The van der Waals surface area contributed by atoms with Crippen molar-refractivity contribution in [1.29, 1.82) is 0 Å². The monoisotopic (exact) mass is 313 g/mol. The predicted molar refractivity (Wildman–Crippen MR) is 92.1 cm³/mol. The fraction of sp³-hybridized carbons (Fsp3) is 0.421. The first kappa shape index (κ1) is 15.3. The molecule has 2 aromatic rings. The Balaban J connectivity index is 1.64. The van der Waals surface area contributed by atoms with Gasteiger partial charge in [0.05, 0.1) is 6.42 Å².